The highest BCUT2D eigenvalue weighted by Gasteiger charge is 2.43. The topological polar surface area (TPSA) is 65.1 Å². The molecule has 2 aliphatic rings. The lowest BCUT2D eigenvalue weighted by atomic mass is 9.95. The van der Waals surface area contributed by atoms with Crippen LogP contribution in [0.5, 0.6) is 5.75 Å². The van der Waals surface area contributed by atoms with Gasteiger partial charge in [0.15, 0.2) is 0 Å². The van der Waals surface area contributed by atoms with Crippen molar-refractivity contribution in [3.05, 3.63) is 89.6 Å². The van der Waals surface area contributed by atoms with Crippen molar-refractivity contribution in [1.29, 1.82) is 0 Å². The third-order valence-corrected chi connectivity index (χ3v) is 6.63. The van der Waals surface area contributed by atoms with Crippen molar-refractivity contribution in [2.24, 2.45) is 0 Å². The predicted molar refractivity (Wildman–Crippen MR) is 137 cm³/mol. The largest absolute Gasteiger partial charge is 0.489 e. The highest BCUT2D eigenvalue weighted by Crippen LogP contribution is 2.37. The number of nitrogens with one attached hydrogen (secondary N) is 1. The van der Waals surface area contributed by atoms with Crippen LogP contribution in [-0.4, -0.2) is 65.9 Å². The van der Waals surface area contributed by atoms with E-state index in [-0.39, 0.29) is 11.9 Å². The standard InChI is InChI=1S/C28H34N4O3/c1-4-15-32-24-19-31(17-16-30(5-2)6-3)27(33)25(24)26(29-28(32)34)22-13-10-14-23(18-22)35-20-21-11-8-7-9-12-21/h4,7-14,18,26H,1,5-6,15-17,19-20H2,2-3H3,(H,29,34). The minimum absolute atomic E-state index is 0.0261. The van der Waals surface area contributed by atoms with Gasteiger partial charge in [0.2, 0.25) is 0 Å². The van der Waals surface area contributed by atoms with Gasteiger partial charge in [0, 0.05) is 19.6 Å². The predicted octanol–water partition coefficient (Wildman–Crippen LogP) is 3.96. The van der Waals surface area contributed by atoms with Gasteiger partial charge in [-0.2, -0.15) is 0 Å². The van der Waals surface area contributed by atoms with Crippen LogP contribution in [0.1, 0.15) is 31.0 Å². The highest BCUT2D eigenvalue weighted by atomic mass is 16.5. The van der Waals surface area contributed by atoms with Crippen LogP contribution < -0.4 is 10.1 Å². The van der Waals surface area contributed by atoms with Gasteiger partial charge in [0.1, 0.15) is 12.4 Å². The van der Waals surface area contributed by atoms with E-state index in [2.05, 4.69) is 30.6 Å². The van der Waals surface area contributed by atoms with Crippen molar-refractivity contribution in [3.8, 4) is 5.75 Å². The molecule has 184 valence electrons. The van der Waals surface area contributed by atoms with Crippen LogP contribution in [0.25, 0.3) is 0 Å². The van der Waals surface area contributed by atoms with E-state index >= 15 is 0 Å². The molecule has 0 spiro atoms. The number of rotatable bonds is 11. The maximum absolute atomic E-state index is 13.6. The molecule has 2 aromatic rings. The number of carbonyl (C=O) groups is 2. The number of amides is 3. The first-order chi connectivity index (χ1) is 17.0. The van der Waals surface area contributed by atoms with Crippen molar-refractivity contribution in [2.75, 3.05) is 39.3 Å². The van der Waals surface area contributed by atoms with Crippen LogP contribution in [0, 0.1) is 0 Å². The van der Waals surface area contributed by atoms with E-state index < -0.39 is 6.04 Å². The van der Waals surface area contributed by atoms with Crippen LogP contribution >= 0.6 is 0 Å². The molecule has 0 aromatic heterocycles. The lowest BCUT2D eigenvalue weighted by Gasteiger charge is -2.33. The van der Waals surface area contributed by atoms with Gasteiger partial charge >= 0.3 is 6.03 Å². The molecule has 1 atom stereocenters. The molecule has 4 rings (SSSR count). The highest BCUT2D eigenvalue weighted by molar-refractivity contribution is 6.01. The summed E-state index contributed by atoms with van der Waals surface area (Å²) >= 11 is 0. The van der Waals surface area contributed by atoms with Gasteiger partial charge in [-0.05, 0) is 36.3 Å². The van der Waals surface area contributed by atoms with E-state index in [9.17, 15) is 9.59 Å². The van der Waals surface area contributed by atoms with E-state index in [1.54, 1.807) is 11.0 Å². The third-order valence-electron chi connectivity index (χ3n) is 6.63. The monoisotopic (exact) mass is 474 g/mol. The van der Waals surface area contributed by atoms with Gasteiger partial charge in [0.25, 0.3) is 5.91 Å². The summed E-state index contributed by atoms with van der Waals surface area (Å²) in [5, 5.41) is 3.05. The number of hydrogen-bond donors (Lipinski definition) is 1. The van der Waals surface area contributed by atoms with E-state index in [4.69, 9.17) is 4.74 Å². The van der Waals surface area contributed by atoms with Gasteiger partial charge in [-0.15, -0.1) is 6.58 Å². The molecule has 1 unspecified atom stereocenters. The Bertz CT molecular complexity index is 1090. The van der Waals surface area contributed by atoms with Crippen LogP contribution in [0.2, 0.25) is 0 Å². The maximum Gasteiger partial charge on any atom is 0.322 e. The smallest absolute Gasteiger partial charge is 0.322 e. The van der Waals surface area contributed by atoms with Gasteiger partial charge in [0.05, 0.1) is 23.9 Å². The van der Waals surface area contributed by atoms with E-state index in [0.29, 0.717) is 37.6 Å². The van der Waals surface area contributed by atoms with Crippen molar-refractivity contribution >= 4 is 11.9 Å². The quantitative estimate of drug-likeness (QED) is 0.501. The molecule has 0 bridgehead atoms. The molecular formula is C28H34N4O3. The molecular weight excluding hydrogens is 440 g/mol. The van der Waals surface area contributed by atoms with E-state index in [1.165, 1.54) is 0 Å². The second kappa shape index (κ2) is 11.2. The Hall–Kier alpha value is -3.58. The Morgan fingerprint density at radius 2 is 1.89 bits per heavy atom. The average molecular weight is 475 g/mol. The molecule has 0 fully saturated rings. The second-order valence-electron chi connectivity index (χ2n) is 8.74. The summed E-state index contributed by atoms with van der Waals surface area (Å²) in [5.74, 6) is 0.668. The van der Waals surface area contributed by atoms with Crippen molar-refractivity contribution < 1.29 is 14.3 Å². The zero-order valence-corrected chi connectivity index (χ0v) is 20.6. The van der Waals surface area contributed by atoms with Gasteiger partial charge in [-0.25, -0.2) is 4.79 Å². The lowest BCUT2D eigenvalue weighted by Crippen LogP contribution is -2.47. The zero-order valence-electron chi connectivity index (χ0n) is 20.6. The number of carbonyl (C=O) groups excluding carboxylic acids is 2. The first-order valence-electron chi connectivity index (χ1n) is 12.3. The summed E-state index contributed by atoms with van der Waals surface area (Å²) in [6.07, 6.45) is 1.69. The fraction of sp³-hybridized carbons (Fsp3) is 0.357. The fourth-order valence-electron chi connectivity index (χ4n) is 4.63. The molecule has 2 aromatic carbocycles. The Morgan fingerprint density at radius 1 is 1.11 bits per heavy atom. The van der Waals surface area contributed by atoms with Crippen LogP contribution in [0.4, 0.5) is 4.79 Å². The molecule has 0 aliphatic carbocycles. The van der Waals surface area contributed by atoms with E-state index in [0.717, 1.165) is 36.5 Å². The van der Waals surface area contributed by atoms with Crippen molar-refractivity contribution in [1.82, 2.24) is 20.0 Å². The summed E-state index contributed by atoms with van der Waals surface area (Å²) in [7, 11) is 0. The van der Waals surface area contributed by atoms with Crippen LogP contribution in [0.3, 0.4) is 0 Å². The van der Waals surface area contributed by atoms with Gasteiger partial charge < -0.3 is 19.9 Å². The molecule has 0 saturated heterocycles. The van der Waals surface area contributed by atoms with E-state index in [1.807, 2.05) is 59.5 Å². The minimum Gasteiger partial charge on any atom is -0.489 e. The minimum atomic E-state index is -0.523. The zero-order chi connectivity index (χ0) is 24.8. The average Bonchev–Trinajstić information content (AvgIpc) is 3.21. The number of urea groups is 1. The Morgan fingerprint density at radius 3 is 2.60 bits per heavy atom. The van der Waals surface area contributed by atoms with Gasteiger partial charge in [-0.1, -0.05) is 62.4 Å². The molecule has 7 nitrogen and oxygen atoms in total. The SMILES string of the molecule is C=CCN1C(=O)NC(c2cccc(OCc3ccccc3)c2)C2=C1CN(CCN(CC)CC)C2=O. The molecule has 2 heterocycles. The summed E-state index contributed by atoms with van der Waals surface area (Å²) < 4.78 is 6.01. The Balaban J connectivity index is 1.58. The number of likely N-dealkylation sites (N-methyl/N-ethyl adjacent to an activating group) is 1. The summed E-state index contributed by atoms with van der Waals surface area (Å²) in [6.45, 7) is 12.6. The number of ether oxygens (including phenoxy) is 1. The van der Waals surface area contributed by atoms with Crippen molar-refractivity contribution in [3.63, 3.8) is 0 Å². The Kier molecular flexibility index (Phi) is 7.87. The van der Waals surface area contributed by atoms with Crippen LogP contribution in [0.15, 0.2) is 78.5 Å². The third kappa shape index (κ3) is 5.41. The molecule has 1 N–H and O–H groups in total. The summed E-state index contributed by atoms with van der Waals surface area (Å²) in [6, 6.07) is 16.8. The maximum atomic E-state index is 13.6. The summed E-state index contributed by atoms with van der Waals surface area (Å²) in [5.41, 5.74) is 3.29. The number of hydrogen-bond acceptors (Lipinski definition) is 4. The van der Waals surface area contributed by atoms with Crippen molar-refractivity contribution in [2.45, 2.75) is 26.5 Å². The van der Waals surface area contributed by atoms with Gasteiger partial charge in [-0.3, -0.25) is 9.69 Å². The first-order valence-corrected chi connectivity index (χ1v) is 12.3. The number of nitrogens with zero attached hydrogens (tertiary/aromatic N) is 3. The fourth-order valence-corrected chi connectivity index (χ4v) is 4.63. The summed E-state index contributed by atoms with van der Waals surface area (Å²) in [4.78, 5) is 32.4. The lowest BCUT2D eigenvalue weighted by molar-refractivity contribution is -0.126. The molecule has 3 amide bonds. The molecule has 7 heteroatoms. The first kappa shape index (κ1) is 24.5. The van der Waals surface area contributed by atoms with Crippen LogP contribution in [-0.2, 0) is 11.4 Å². The molecule has 0 radical (unpaired) electrons. The number of benzene rings is 2. The normalized spacial score (nSPS) is 17.6. The second-order valence-corrected chi connectivity index (χ2v) is 8.74. The molecule has 0 saturated carbocycles. The molecule has 35 heavy (non-hydrogen) atoms. The Labute approximate surface area is 207 Å². The molecule has 2 aliphatic heterocycles.